The number of hydrogen-bond acceptors (Lipinski definition) is 8. The van der Waals surface area contributed by atoms with Crippen LogP contribution in [-0.2, 0) is 22.4 Å². The van der Waals surface area contributed by atoms with E-state index in [9.17, 15) is 33.3 Å². The first-order chi connectivity index (χ1) is 22.0. The monoisotopic (exact) mass is 660 g/mol. The van der Waals surface area contributed by atoms with Crippen LogP contribution in [0.3, 0.4) is 0 Å². The maximum absolute atomic E-state index is 14.0. The third-order valence-electron chi connectivity index (χ3n) is 8.52. The average molecular weight is 661 g/mol. The third kappa shape index (κ3) is 8.23. The molecular weight excluding hydrogens is 621 g/mol. The van der Waals surface area contributed by atoms with Crippen molar-refractivity contribution in [3.8, 4) is 5.75 Å². The molecule has 0 radical (unpaired) electrons. The summed E-state index contributed by atoms with van der Waals surface area (Å²) in [5.74, 6) is -2.77. The van der Waals surface area contributed by atoms with Crippen LogP contribution in [-0.4, -0.2) is 81.4 Å². The fraction of sp³-hybridized carbons (Fsp3) is 0.441. The number of aliphatic hydroxyl groups is 3. The summed E-state index contributed by atoms with van der Waals surface area (Å²) in [4.78, 5) is 14.5. The molecule has 0 spiro atoms. The van der Waals surface area contributed by atoms with Gasteiger partial charge >= 0.3 is 0 Å². The average Bonchev–Trinajstić information content (AvgIpc) is 3.04. The highest BCUT2D eigenvalue weighted by atomic mass is 32.2. The van der Waals surface area contributed by atoms with Crippen LogP contribution in [0.15, 0.2) is 60.7 Å². The summed E-state index contributed by atoms with van der Waals surface area (Å²) < 4.78 is 52.7. The predicted octanol–water partition coefficient (Wildman–Crippen LogP) is 3.87. The Morgan fingerprint density at radius 2 is 1.65 bits per heavy atom. The topological polar surface area (TPSA) is 125 Å². The minimum atomic E-state index is -1.31. The van der Waals surface area contributed by atoms with Crippen molar-refractivity contribution in [1.82, 2.24) is 4.90 Å². The van der Waals surface area contributed by atoms with Crippen molar-refractivity contribution in [3.63, 3.8) is 0 Å². The first kappa shape index (κ1) is 34.2. The molecule has 0 aliphatic carbocycles. The number of carbonyl (C=O) groups excluding carboxylic acids is 1. The number of hydrogen-bond donors (Lipinski definition) is 4. The molecule has 3 aromatic carbocycles. The van der Waals surface area contributed by atoms with Gasteiger partial charge in [0.1, 0.15) is 47.5 Å². The number of piperidine rings is 1. The molecule has 0 saturated carbocycles. The van der Waals surface area contributed by atoms with Crippen LogP contribution in [0.5, 0.6) is 5.75 Å². The molecule has 5 N–H and O–H groups in total. The normalized spacial score (nSPS) is 24.5. The Morgan fingerprint density at radius 3 is 2.35 bits per heavy atom. The zero-order chi connectivity index (χ0) is 33.0. The molecule has 2 aliphatic rings. The van der Waals surface area contributed by atoms with Gasteiger partial charge in [-0.25, -0.2) is 13.2 Å². The van der Waals surface area contributed by atoms with Gasteiger partial charge in [-0.15, -0.1) is 11.8 Å². The maximum atomic E-state index is 14.0. The van der Waals surface area contributed by atoms with Gasteiger partial charge in [0.25, 0.3) is 0 Å². The lowest BCUT2D eigenvalue weighted by molar-refractivity contribution is -0.200. The second-order valence-corrected chi connectivity index (χ2v) is 12.9. The number of amides is 1. The van der Waals surface area contributed by atoms with E-state index >= 15 is 0 Å². The van der Waals surface area contributed by atoms with E-state index in [1.54, 1.807) is 11.2 Å². The van der Waals surface area contributed by atoms with Gasteiger partial charge < -0.3 is 35.4 Å². The minimum Gasteiger partial charge on any atom is -0.490 e. The Bertz CT molecular complexity index is 1490. The molecule has 46 heavy (non-hydrogen) atoms. The van der Waals surface area contributed by atoms with Gasteiger partial charge in [-0.1, -0.05) is 36.4 Å². The van der Waals surface area contributed by atoms with Crippen LogP contribution in [0.2, 0.25) is 0 Å². The van der Waals surface area contributed by atoms with E-state index in [4.69, 9.17) is 15.2 Å². The number of benzene rings is 3. The Labute approximate surface area is 270 Å². The minimum absolute atomic E-state index is 0.0357. The summed E-state index contributed by atoms with van der Waals surface area (Å²) in [6.45, 7) is 0.967. The van der Waals surface area contributed by atoms with Gasteiger partial charge in [-0.05, 0) is 59.6 Å². The largest absolute Gasteiger partial charge is 0.490 e. The van der Waals surface area contributed by atoms with E-state index in [1.165, 1.54) is 11.8 Å². The molecule has 0 aromatic heterocycles. The molecule has 2 heterocycles. The number of carbonyl (C=O) groups is 1. The van der Waals surface area contributed by atoms with E-state index in [1.807, 2.05) is 48.5 Å². The number of nitrogens with zero attached hydrogens (tertiary/aromatic N) is 1. The van der Waals surface area contributed by atoms with Crippen LogP contribution in [0, 0.1) is 17.5 Å². The van der Waals surface area contributed by atoms with E-state index in [0.717, 1.165) is 22.8 Å². The zero-order valence-electron chi connectivity index (χ0n) is 25.4. The first-order valence-corrected chi connectivity index (χ1v) is 16.5. The highest BCUT2D eigenvalue weighted by Gasteiger charge is 2.44. The van der Waals surface area contributed by atoms with Crippen molar-refractivity contribution >= 4 is 17.7 Å². The fourth-order valence-electron chi connectivity index (χ4n) is 5.96. The van der Waals surface area contributed by atoms with Gasteiger partial charge in [0.15, 0.2) is 11.6 Å². The lowest BCUT2D eigenvalue weighted by Crippen LogP contribution is -2.52. The van der Waals surface area contributed by atoms with Gasteiger partial charge in [0, 0.05) is 44.5 Å². The second-order valence-electron chi connectivity index (χ2n) is 11.9. The van der Waals surface area contributed by atoms with Crippen LogP contribution >= 0.6 is 11.8 Å². The van der Waals surface area contributed by atoms with Crippen molar-refractivity contribution < 1.29 is 42.8 Å². The summed E-state index contributed by atoms with van der Waals surface area (Å²) in [6, 6.07) is 15.9. The molecule has 2 aliphatic heterocycles. The van der Waals surface area contributed by atoms with Gasteiger partial charge in [0.05, 0.1) is 0 Å². The number of halogens is 3. The molecule has 1 amide bonds. The number of nitrogens with two attached hydrogens (primary N) is 1. The molecule has 8 nitrogen and oxygen atoms in total. The maximum Gasteiger partial charge on any atom is 0.224 e. The summed E-state index contributed by atoms with van der Waals surface area (Å²) in [5, 5.41) is 31.0. The quantitative estimate of drug-likeness (QED) is 0.242. The van der Waals surface area contributed by atoms with Crippen LogP contribution in [0.25, 0.3) is 0 Å². The van der Waals surface area contributed by atoms with E-state index < -0.39 is 53.3 Å². The molecule has 12 heteroatoms. The Kier molecular flexibility index (Phi) is 11.3. The number of likely N-dealkylation sites (tertiary alicyclic amines) is 1. The zero-order valence-corrected chi connectivity index (χ0v) is 26.2. The predicted molar refractivity (Wildman–Crippen MR) is 168 cm³/mol. The number of aliphatic hydroxyl groups excluding tert-OH is 3. The molecule has 5 rings (SSSR count). The first-order valence-electron chi connectivity index (χ1n) is 15.3. The Hall–Kier alpha value is -3.13. The molecule has 0 bridgehead atoms. The number of thioether (sulfide) groups is 1. The Balaban J connectivity index is 1.09. The number of rotatable bonds is 10. The summed E-state index contributed by atoms with van der Waals surface area (Å²) in [7, 11) is 0. The van der Waals surface area contributed by atoms with E-state index in [2.05, 4.69) is 0 Å². The highest BCUT2D eigenvalue weighted by molar-refractivity contribution is 7.99. The Morgan fingerprint density at radius 1 is 0.957 bits per heavy atom. The summed E-state index contributed by atoms with van der Waals surface area (Å²) >= 11 is 1.28. The third-order valence-corrected chi connectivity index (χ3v) is 9.37. The highest BCUT2D eigenvalue weighted by Crippen LogP contribution is 2.36. The second kappa shape index (κ2) is 15.2. The molecule has 248 valence electrons. The van der Waals surface area contributed by atoms with Crippen LogP contribution in [0.1, 0.15) is 47.6 Å². The fourth-order valence-corrected chi connectivity index (χ4v) is 6.63. The summed E-state index contributed by atoms with van der Waals surface area (Å²) in [5.41, 5.74) is 8.09. The molecule has 2 fully saturated rings. The molecule has 1 unspecified atom stereocenters. The van der Waals surface area contributed by atoms with Gasteiger partial charge in [-0.3, -0.25) is 4.79 Å². The van der Waals surface area contributed by atoms with Gasteiger partial charge in [-0.2, -0.15) is 0 Å². The van der Waals surface area contributed by atoms with Crippen molar-refractivity contribution in [2.75, 3.05) is 19.3 Å². The standard InChI is InChI=1S/C34H39F3N2O6S/c1-46-34-32(43)30(41)31(42)33(45-34)21-4-2-3-20(14-21)13-19-5-7-24(8-6-19)44-25-9-11-39(12-10-25)29(40)17-23(38)15-22-16-27(36)28(37)18-26(22)35/h2-8,14,16,18,23,25,30-34,41-43H,9-13,15,17,38H2,1H3/t23?,30-,31-,32+,33+,34-/m1/s1. The van der Waals surface area contributed by atoms with Crippen LogP contribution in [0.4, 0.5) is 13.2 Å². The lowest BCUT2D eigenvalue weighted by Gasteiger charge is -2.40. The van der Waals surface area contributed by atoms with Crippen molar-refractivity contribution in [2.24, 2.45) is 5.73 Å². The van der Waals surface area contributed by atoms with Crippen molar-refractivity contribution in [1.29, 1.82) is 0 Å². The van der Waals surface area contributed by atoms with Crippen molar-refractivity contribution in [2.45, 2.75) is 74.1 Å². The molecular formula is C34H39F3N2O6S. The van der Waals surface area contributed by atoms with E-state index in [0.29, 0.717) is 44.2 Å². The molecule has 3 aromatic rings. The smallest absolute Gasteiger partial charge is 0.224 e. The van der Waals surface area contributed by atoms with Gasteiger partial charge in [0.2, 0.25) is 5.91 Å². The number of ether oxygens (including phenoxy) is 2. The SMILES string of the molecule is CS[C@H]1O[C@@H](c2cccc(Cc3ccc(OC4CCN(C(=O)CC(N)Cc5cc(F)c(F)cc5F)CC4)cc3)c2)[C@H](O)[C@@H](O)[C@@H]1O. The molecule has 2 saturated heterocycles. The van der Waals surface area contributed by atoms with E-state index in [-0.39, 0.29) is 30.4 Å². The molecule has 6 atom stereocenters. The summed E-state index contributed by atoms with van der Waals surface area (Å²) in [6.07, 6.45) is -1.02. The van der Waals surface area contributed by atoms with Crippen molar-refractivity contribution in [3.05, 3.63) is 100 Å². The lowest BCUT2D eigenvalue weighted by atomic mass is 9.92. The van der Waals surface area contributed by atoms with Crippen LogP contribution < -0.4 is 10.5 Å².